The number of hydrogen-bond donors (Lipinski definition) is 0. The zero-order valence-electron chi connectivity index (χ0n) is 23.5. The Morgan fingerprint density at radius 1 is 0.409 bits per heavy atom. The lowest BCUT2D eigenvalue weighted by Gasteiger charge is -2.27. The summed E-state index contributed by atoms with van der Waals surface area (Å²) in [5.41, 5.74) is 6.68. The summed E-state index contributed by atoms with van der Waals surface area (Å²) in [6.07, 6.45) is 0. The number of thiophene rings is 1. The smallest absolute Gasteiger partial charge is 0.160 e. The molecule has 10 rings (SSSR count). The highest BCUT2D eigenvalue weighted by atomic mass is 32.1. The Labute approximate surface area is 255 Å². The lowest BCUT2D eigenvalue weighted by atomic mass is 10.0. The Kier molecular flexibility index (Phi) is 4.87. The van der Waals surface area contributed by atoms with Gasteiger partial charge in [-0.05, 0) is 60.0 Å². The van der Waals surface area contributed by atoms with Crippen molar-refractivity contribution in [3.05, 3.63) is 140 Å². The molecule has 3 nitrogen and oxygen atoms in total. The predicted molar refractivity (Wildman–Crippen MR) is 186 cm³/mol. The number of benzene rings is 7. The molecule has 0 amide bonds. The van der Waals surface area contributed by atoms with E-state index in [0.717, 1.165) is 66.3 Å². The van der Waals surface area contributed by atoms with Crippen LogP contribution in [-0.2, 0) is 0 Å². The van der Waals surface area contributed by atoms with Gasteiger partial charge in [-0.15, -0.1) is 11.3 Å². The van der Waals surface area contributed by atoms with Crippen molar-refractivity contribution in [2.75, 3.05) is 4.90 Å². The maximum absolute atomic E-state index is 6.74. The van der Waals surface area contributed by atoms with E-state index < -0.39 is 0 Å². The van der Waals surface area contributed by atoms with Gasteiger partial charge in [-0.3, -0.25) is 0 Å². The van der Waals surface area contributed by atoms with Gasteiger partial charge in [0.05, 0.1) is 5.69 Å². The molecular formula is C40H23NO2S. The zero-order chi connectivity index (χ0) is 28.8. The van der Waals surface area contributed by atoms with Crippen molar-refractivity contribution >= 4 is 103 Å². The molecular weight excluding hydrogens is 559 g/mol. The van der Waals surface area contributed by atoms with Crippen LogP contribution in [0.1, 0.15) is 0 Å². The number of hydrogen-bond acceptors (Lipinski definition) is 4. The van der Waals surface area contributed by atoms with Crippen LogP contribution in [0.3, 0.4) is 0 Å². The maximum atomic E-state index is 6.74. The van der Waals surface area contributed by atoms with Crippen LogP contribution in [-0.4, -0.2) is 0 Å². The van der Waals surface area contributed by atoms with Gasteiger partial charge in [0, 0.05) is 58.5 Å². The van der Waals surface area contributed by atoms with Crippen molar-refractivity contribution in [1.29, 1.82) is 0 Å². The van der Waals surface area contributed by atoms with Crippen molar-refractivity contribution in [2.45, 2.75) is 0 Å². The first-order valence-corrected chi connectivity index (χ1v) is 15.6. The standard InChI is InChI=1S/C40H23NO2S/c1-2-10-27-24(9-1)21-33-29-12-4-7-15-35(29)43-40(33)39(27)41(25-18-20-36-32(22-25)28-11-3-6-14-34(28)42-36)26-17-19-31-30-13-5-8-16-37(30)44-38(31)23-26/h1-23H. The topological polar surface area (TPSA) is 29.5 Å². The summed E-state index contributed by atoms with van der Waals surface area (Å²) in [7, 11) is 0. The van der Waals surface area contributed by atoms with Crippen LogP contribution >= 0.6 is 11.3 Å². The van der Waals surface area contributed by atoms with Crippen LogP contribution < -0.4 is 4.90 Å². The molecule has 4 heteroatoms. The SMILES string of the molecule is c1ccc2c(N(c3ccc4c(c3)sc3ccccc34)c3ccc4oc5ccccc5c4c3)c3oc4ccccc4c3cc2c1. The molecule has 0 N–H and O–H groups in total. The number of rotatable bonds is 3. The molecule has 3 aromatic heterocycles. The largest absolute Gasteiger partial charge is 0.456 e. The van der Waals surface area contributed by atoms with E-state index in [4.69, 9.17) is 8.83 Å². The highest BCUT2D eigenvalue weighted by molar-refractivity contribution is 7.25. The van der Waals surface area contributed by atoms with Gasteiger partial charge in [0.25, 0.3) is 0 Å². The highest BCUT2D eigenvalue weighted by Crippen LogP contribution is 2.48. The molecule has 0 saturated carbocycles. The van der Waals surface area contributed by atoms with Crippen molar-refractivity contribution in [3.63, 3.8) is 0 Å². The molecule has 206 valence electrons. The van der Waals surface area contributed by atoms with Gasteiger partial charge in [0.15, 0.2) is 5.58 Å². The quantitative estimate of drug-likeness (QED) is 0.208. The molecule has 7 aromatic carbocycles. The number of nitrogens with zero attached hydrogens (tertiary/aromatic N) is 1. The molecule has 0 atom stereocenters. The molecule has 0 aliphatic rings. The van der Waals surface area contributed by atoms with E-state index in [0.29, 0.717) is 0 Å². The van der Waals surface area contributed by atoms with Gasteiger partial charge in [-0.25, -0.2) is 0 Å². The van der Waals surface area contributed by atoms with Gasteiger partial charge in [-0.1, -0.05) is 84.9 Å². The Balaban J connectivity index is 1.34. The summed E-state index contributed by atoms with van der Waals surface area (Å²) in [5.74, 6) is 0. The van der Waals surface area contributed by atoms with E-state index in [1.165, 1.54) is 25.6 Å². The fraction of sp³-hybridized carbons (Fsp3) is 0. The fourth-order valence-corrected chi connectivity index (χ4v) is 7.98. The second kappa shape index (κ2) is 8.96. The monoisotopic (exact) mass is 581 g/mol. The normalized spacial score (nSPS) is 12.1. The lowest BCUT2D eigenvalue weighted by molar-refractivity contribution is 0.669. The number of fused-ring (bicyclic) bond motifs is 10. The maximum Gasteiger partial charge on any atom is 0.160 e. The third kappa shape index (κ3) is 3.37. The molecule has 10 aromatic rings. The van der Waals surface area contributed by atoms with Gasteiger partial charge in [-0.2, -0.15) is 0 Å². The minimum Gasteiger partial charge on any atom is -0.456 e. The molecule has 0 bridgehead atoms. The molecule has 0 spiro atoms. The number of furan rings is 2. The molecule has 0 aliphatic carbocycles. The minimum atomic E-state index is 0.874. The lowest BCUT2D eigenvalue weighted by Crippen LogP contribution is -2.11. The second-order valence-corrected chi connectivity index (χ2v) is 12.4. The molecule has 0 saturated heterocycles. The van der Waals surface area contributed by atoms with Crippen LogP contribution in [0.2, 0.25) is 0 Å². The average molecular weight is 582 g/mol. The Bertz CT molecular complexity index is 2750. The summed E-state index contributed by atoms with van der Waals surface area (Å²) in [6.45, 7) is 0. The van der Waals surface area contributed by atoms with Gasteiger partial charge in [0.2, 0.25) is 0 Å². The van der Waals surface area contributed by atoms with Crippen LogP contribution in [0.25, 0.3) is 74.8 Å². The van der Waals surface area contributed by atoms with Gasteiger partial charge < -0.3 is 13.7 Å². The summed E-state index contributed by atoms with van der Waals surface area (Å²) < 4.78 is 15.5. The summed E-state index contributed by atoms with van der Waals surface area (Å²) in [5, 5.41) is 9.29. The van der Waals surface area contributed by atoms with Crippen LogP contribution in [0.5, 0.6) is 0 Å². The average Bonchev–Trinajstić information content (AvgIpc) is 3.75. The third-order valence-corrected chi connectivity index (χ3v) is 9.96. The summed E-state index contributed by atoms with van der Waals surface area (Å²) in [4.78, 5) is 2.37. The van der Waals surface area contributed by atoms with E-state index in [1.807, 2.05) is 29.5 Å². The van der Waals surface area contributed by atoms with Crippen molar-refractivity contribution in [3.8, 4) is 0 Å². The number of anilines is 3. The molecule has 0 aliphatic heterocycles. The van der Waals surface area contributed by atoms with Crippen molar-refractivity contribution in [1.82, 2.24) is 0 Å². The van der Waals surface area contributed by atoms with E-state index in [1.54, 1.807) is 0 Å². The Morgan fingerprint density at radius 2 is 1.02 bits per heavy atom. The third-order valence-electron chi connectivity index (χ3n) is 8.83. The van der Waals surface area contributed by atoms with E-state index in [2.05, 4.69) is 126 Å². The molecule has 0 unspecified atom stereocenters. The predicted octanol–water partition coefficient (Wildman–Crippen LogP) is 12.5. The first-order valence-electron chi connectivity index (χ1n) is 14.8. The van der Waals surface area contributed by atoms with Crippen molar-refractivity contribution in [2.24, 2.45) is 0 Å². The highest BCUT2D eigenvalue weighted by Gasteiger charge is 2.24. The molecule has 0 fully saturated rings. The Hall–Kier alpha value is -5.58. The van der Waals surface area contributed by atoms with Gasteiger partial charge in [0.1, 0.15) is 16.7 Å². The van der Waals surface area contributed by atoms with Gasteiger partial charge >= 0.3 is 0 Å². The van der Waals surface area contributed by atoms with E-state index in [-0.39, 0.29) is 0 Å². The van der Waals surface area contributed by atoms with Crippen LogP contribution in [0.4, 0.5) is 17.1 Å². The fourth-order valence-electron chi connectivity index (χ4n) is 6.84. The summed E-state index contributed by atoms with van der Waals surface area (Å²) in [6, 6.07) is 49.5. The first kappa shape index (κ1) is 23.9. The van der Waals surface area contributed by atoms with Crippen LogP contribution in [0, 0.1) is 0 Å². The van der Waals surface area contributed by atoms with Crippen LogP contribution in [0.15, 0.2) is 148 Å². The zero-order valence-corrected chi connectivity index (χ0v) is 24.3. The minimum absolute atomic E-state index is 0.874. The van der Waals surface area contributed by atoms with E-state index >= 15 is 0 Å². The Morgan fingerprint density at radius 3 is 1.89 bits per heavy atom. The molecule has 3 heterocycles. The summed E-state index contributed by atoms with van der Waals surface area (Å²) >= 11 is 1.84. The van der Waals surface area contributed by atoms with E-state index in [9.17, 15) is 0 Å². The second-order valence-electron chi connectivity index (χ2n) is 11.3. The molecule has 44 heavy (non-hydrogen) atoms. The molecule has 0 radical (unpaired) electrons. The van der Waals surface area contributed by atoms with Crippen molar-refractivity contribution < 1.29 is 8.83 Å². The number of para-hydroxylation sites is 2. The first-order chi connectivity index (χ1) is 21.8.